The minimum atomic E-state index is -0.863. The number of hydrogen-bond acceptors (Lipinski definition) is 10. The molecule has 2 N–H and O–H groups in total. The Bertz CT molecular complexity index is 803. The van der Waals surface area contributed by atoms with Crippen LogP contribution in [-0.4, -0.2) is 58.2 Å². The Morgan fingerprint density at radius 2 is 2.03 bits per heavy atom. The average molecular weight is 413 g/mol. The van der Waals surface area contributed by atoms with E-state index in [1.165, 1.54) is 16.8 Å². The molecule has 2 aliphatic heterocycles. The second-order valence-electron chi connectivity index (χ2n) is 8.41. The first-order valence-electron chi connectivity index (χ1n) is 9.27. The van der Waals surface area contributed by atoms with Gasteiger partial charge in [-0.15, -0.1) is 0 Å². The van der Waals surface area contributed by atoms with Gasteiger partial charge in [0.2, 0.25) is 0 Å². The van der Waals surface area contributed by atoms with Crippen molar-refractivity contribution in [1.82, 2.24) is 9.55 Å². The number of rotatable bonds is 6. The van der Waals surface area contributed by atoms with Crippen LogP contribution < -0.4 is 11.2 Å². The van der Waals surface area contributed by atoms with Crippen LogP contribution in [0.1, 0.15) is 40.8 Å². The Labute approximate surface area is 167 Å². The van der Waals surface area contributed by atoms with Crippen LogP contribution in [0.5, 0.6) is 0 Å². The molecule has 0 radical (unpaired) electrons. The van der Waals surface area contributed by atoms with Crippen LogP contribution in [0.15, 0.2) is 17.1 Å². The highest BCUT2D eigenvalue weighted by Gasteiger charge is 2.56. The van der Waals surface area contributed by atoms with E-state index in [1.807, 2.05) is 5.48 Å². The van der Waals surface area contributed by atoms with E-state index >= 15 is 0 Å². The van der Waals surface area contributed by atoms with E-state index in [1.54, 1.807) is 34.6 Å². The summed E-state index contributed by atoms with van der Waals surface area (Å²) in [6, 6.07) is 1.43. The molecular weight excluding hydrogens is 386 g/mol. The topological polar surface area (TPSA) is 130 Å². The molecule has 0 bridgehead atoms. The third-order valence-electron chi connectivity index (χ3n) is 4.51. The first-order valence-corrected chi connectivity index (χ1v) is 9.27. The van der Waals surface area contributed by atoms with Crippen LogP contribution >= 0.6 is 0 Å². The molecule has 11 heteroatoms. The van der Waals surface area contributed by atoms with Crippen LogP contribution in [0.2, 0.25) is 0 Å². The standard InChI is InChI=1S/C18H27N3O8/c1-17(2,3)15(22)26-9-25-8-10-12-13(29-18(4,5)28-12)14(27-10)21-7-6-11(20-24)19-16(21)23/h6-7,10,12-14,24H,8-9H2,1-5H3,(H,19,20,23)/t10-,12-,13-,14-/m1/s1. The summed E-state index contributed by atoms with van der Waals surface area (Å²) < 4.78 is 29.6. The molecule has 0 aliphatic carbocycles. The van der Waals surface area contributed by atoms with E-state index in [0.717, 1.165) is 0 Å². The second kappa shape index (κ2) is 8.00. The van der Waals surface area contributed by atoms with E-state index in [4.69, 9.17) is 28.9 Å². The van der Waals surface area contributed by atoms with Gasteiger partial charge >= 0.3 is 11.7 Å². The molecule has 4 atom stereocenters. The second-order valence-corrected chi connectivity index (χ2v) is 8.41. The molecule has 2 fully saturated rings. The van der Waals surface area contributed by atoms with E-state index in [0.29, 0.717) is 0 Å². The molecule has 2 saturated heterocycles. The molecule has 29 heavy (non-hydrogen) atoms. The van der Waals surface area contributed by atoms with Crippen molar-refractivity contribution in [3.63, 3.8) is 0 Å². The molecule has 2 aliphatic rings. The summed E-state index contributed by atoms with van der Waals surface area (Å²) >= 11 is 0. The van der Waals surface area contributed by atoms with E-state index in [2.05, 4.69) is 4.98 Å². The van der Waals surface area contributed by atoms with Gasteiger partial charge < -0.3 is 23.7 Å². The molecule has 1 aromatic heterocycles. The maximum absolute atomic E-state index is 12.3. The fourth-order valence-corrected chi connectivity index (χ4v) is 3.16. The lowest BCUT2D eigenvalue weighted by molar-refractivity contribution is -0.207. The van der Waals surface area contributed by atoms with Crippen molar-refractivity contribution in [2.75, 3.05) is 18.9 Å². The number of carbonyl (C=O) groups excluding carboxylic acids is 1. The quantitative estimate of drug-likeness (QED) is 0.302. The van der Waals surface area contributed by atoms with Crippen LogP contribution in [0.25, 0.3) is 0 Å². The van der Waals surface area contributed by atoms with Crippen LogP contribution in [0.3, 0.4) is 0 Å². The third kappa shape index (κ3) is 4.75. The van der Waals surface area contributed by atoms with Gasteiger partial charge in [-0.3, -0.25) is 20.0 Å². The molecule has 0 amide bonds. The Morgan fingerprint density at radius 3 is 2.66 bits per heavy atom. The maximum atomic E-state index is 12.3. The first-order chi connectivity index (χ1) is 13.5. The van der Waals surface area contributed by atoms with Gasteiger partial charge in [-0.2, -0.15) is 4.98 Å². The van der Waals surface area contributed by atoms with Crippen molar-refractivity contribution in [1.29, 1.82) is 0 Å². The van der Waals surface area contributed by atoms with Gasteiger partial charge in [-0.1, -0.05) is 0 Å². The normalized spacial score (nSPS) is 28.2. The van der Waals surface area contributed by atoms with Gasteiger partial charge in [0.25, 0.3) is 0 Å². The summed E-state index contributed by atoms with van der Waals surface area (Å²) in [7, 11) is 0. The zero-order valence-corrected chi connectivity index (χ0v) is 17.1. The van der Waals surface area contributed by atoms with Gasteiger partial charge in [0.05, 0.1) is 12.0 Å². The van der Waals surface area contributed by atoms with Crippen LogP contribution in [-0.2, 0) is 28.5 Å². The van der Waals surface area contributed by atoms with Crippen LogP contribution in [0.4, 0.5) is 5.82 Å². The molecule has 162 valence electrons. The lowest BCUT2D eigenvalue weighted by atomic mass is 9.98. The zero-order valence-electron chi connectivity index (χ0n) is 17.1. The molecule has 0 unspecified atom stereocenters. The minimum absolute atomic E-state index is 0.0188. The highest BCUT2D eigenvalue weighted by Crippen LogP contribution is 2.42. The Morgan fingerprint density at radius 1 is 1.34 bits per heavy atom. The van der Waals surface area contributed by atoms with Gasteiger partial charge in [-0.25, -0.2) is 4.79 Å². The number of hydrogen-bond donors (Lipinski definition) is 2. The van der Waals surface area contributed by atoms with E-state index in [9.17, 15) is 9.59 Å². The Balaban J connectivity index is 1.68. The van der Waals surface area contributed by atoms with E-state index < -0.39 is 41.4 Å². The van der Waals surface area contributed by atoms with Crippen molar-refractivity contribution >= 4 is 11.8 Å². The zero-order chi connectivity index (χ0) is 21.4. The van der Waals surface area contributed by atoms with Gasteiger partial charge in [-0.05, 0) is 40.7 Å². The molecule has 0 spiro atoms. The lowest BCUT2D eigenvalue weighted by Crippen LogP contribution is -2.34. The molecule has 3 rings (SSSR count). The van der Waals surface area contributed by atoms with Gasteiger partial charge in [0.15, 0.2) is 24.6 Å². The number of carbonyl (C=O) groups is 1. The van der Waals surface area contributed by atoms with Crippen molar-refractivity contribution < 1.29 is 33.7 Å². The molecule has 0 saturated carbocycles. The SMILES string of the molecule is CC1(C)O[C@@H]2[C@H](O1)[C@@H](COCOC(=O)C(C)(C)C)O[C@H]2n1ccc(NO)nc1=O. The predicted octanol–water partition coefficient (Wildman–Crippen LogP) is 1.03. The average Bonchev–Trinajstić information content (AvgIpc) is 3.11. The number of nitrogens with zero attached hydrogens (tertiary/aromatic N) is 2. The number of esters is 1. The number of nitrogens with one attached hydrogen (secondary N) is 1. The summed E-state index contributed by atoms with van der Waals surface area (Å²) in [6.45, 7) is 8.64. The lowest BCUT2D eigenvalue weighted by Gasteiger charge is -2.25. The van der Waals surface area contributed by atoms with Crippen molar-refractivity contribution in [3.8, 4) is 0 Å². The first kappa shape index (κ1) is 21.7. The van der Waals surface area contributed by atoms with Crippen molar-refractivity contribution in [2.24, 2.45) is 5.41 Å². The number of fused-ring (bicyclic) bond motifs is 1. The highest BCUT2D eigenvalue weighted by molar-refractivity contribution is 5.75. The van der Waals surface area contributed by atoms with Crippen molar-refractivity contribution in [2.45, 2.75) is 64.9 Å². The number of anilines is 1. The van der Waals surface area contributed by atoms with Gasteiger partial charge in [0, 0.05) is 6.20 Å². The number of ether oxygens (including phenoxy) is 5. The third-order valence-corrected chi connectivity index (χ3v) is 4.51. The largest absolute Gasteiger partial charge is 0.438 e. The fraction of sp³-hybridized carbons (Fsp3) is 0.722. The highest BCUT2D eigenvalue weighted by atomic mass is 16.8. The van der Waals surface area contributed by atoms with Gasteiger partial charge in [0.1, 0.15) is 18.3 Å². The molecule has 1 aromatic rings. The van der Waals surface area contributed by atoms with E-state index in [-0.39, 0.29) is 25.2 Å². The molecule has 3 heterocycles. The Hall–Kier alpha value is -2.05. The maximum Gasteiger partial charge on any atom is 0.351 e. The summed E-state index contributed by atoms with van der Waals surface area (Å²) in [5.41, 5.74) is 0.576. The van der Waals surface area contributed by atoms with Crippen LogP contribution in [0, 0.1) is 5.41 Å². The summed E-state index contributed by atoms with van der Waals surface area (Å²) in [5, 5.41) is 8.90. The smallest absolute Gasteiger partial charge is 0.351 e. The van der Waals surface area contributed by atoms with Crippen molar-refractivity contribution in [3.05, 3.63) is 22.7 Å². The predicted molar refractivity (Wildman–Crippen MR) is 98.0 cm³/mol. The Kier molecular flexibility index (Phi) is 5.97. The number of aromatic nitrogens is 2. The molecule has 0 aromatic carbocycles. The fourth-order valence-electron chi connectivity index (χ4n) is 3.16. The molecule has 11 nitrogen and oxygen atoms in total. The monoisotopic (exact) mass is 413 g/mol. The minimum Gasteiger partial charge on any atom is -0.438 e. The summed E-state index contributed by atoms with van der Waals surface area (Å²) in [5.74, 6) is -1.22. The summed E-state index contributed by atoms with van der Waals surface area (Å²) in [4.78, 5) is 27.8. The summed E-state index contributed by atoms with van der Waals surface area (Å²) in [6.07, 6.45) is -0.958. The molecular formula is C18H27N3O8.